The summed E-state index contributed by atoms with van der Waals surface area (Å²) in [5.41, 5.74) is 3.67. The number of rotatable bonds is 7. The molecular weight excluding hydrogens is 478 g/mol. The van der Waals surface area contributed by atoms with E-state index >= 15 is 0 Å². The van der Waals surface area contributed by atoms with Gasteiger partial charge in [-0.3, -0.25) is 9.36 Å². The molecule has 37 heavy (non-hydrogen) atoms. The van der Waals surface area contributed by atoms with E-state index in [9.17, 15) is 13.6 Å². The molecule has 2 aliphatic heterocycles. The topological polar surface area (TPSA) is 79.6 Å². The highest BCUT2D eigenvalue weighted by Gasteiger charge is 2.25. The van der Waals surface area contributed by atoms with Crippen molar-refractivity contribution in [1.82, 2.24) is 14.5 Å². The van der Waals surface area contributed by atoms with Gasteiger partial charge in [-0.15, -0.1) is 0 Å². The van der Waals surface area contributed by atoms with Crippen LogP contribution in [0.2, 0.25) is 0 Å². The van der Waals surface area contributed by atoms with Crippen molar-refractivity contribution in [3.8, 4) is 17.0 Å². The predicted molar refractivity (Wildman–Crippen MR) is 138 cm³/mol. The van der Waals surface area contributed by atoms with Crippen LogP contribution in [0.25, 0.3) is 23.2 Å². The van der Waals surface area contributed by atoms with Crippen molar-refractivity contribution in [1.29, 1.82) is 0 Å². The number of ether oxygens (including phenoxy) is 1. The standard InChI is InChI=1S/C28H28F2N4O3/c1-37-24-10-9-21(25(29)26(24)30)23-17-31-27-22(6-3-2-4-13-34(23)27)32-19-7-8-20-18(16-19)11-14-33(28(20)36)12-5-15-35/h4,6-10,13,16-17,32,35H,2-3,5,11-12,14-15H2,1H3/b13-4-,22-6?. The van der Waals surface area contributed by atoms with Crippen LogP contribution >= 0.6 is 0 Å². The second-order valence-corrected chi connectivity index (χ2v) is 8.98. The van der Waals surface area contributed by atoms with E-state index in [2.05, 4.69) is 10.3 Å². The smallest absolute Gasteiger partial charge is 0.254 e. The minimum absolute atomic E-state index is 0.0227. The lowest BCUT2D eigenvalue weighted by molar-refractivity contribution is 0.0729. The zero-order chi connectivity index (χ0) is 25.9. The Balaban J connectivity index is 1.45. The fourth-order valence-electron chi connectivity index (χ4n) is 4.74. The van der Waals surface area contributed by atoms with Gasteiger partial charge in [-0.1, -0.05) is 12.2 Å². The molecule has 0 atom stereocenters. The average molecular weight is 507 g/mol. The molecule has 3 heterocycles. The molecule has 0 bridgehead atoms. The molecule has 3 aromatic rings. The summed E-state index contributed by atoms with van der Waals surface area (Å²) in [6, 6.07) is 8.53. The van der Waals surface area contributed by atoms with Crippen LogP contribution in [0.15, 0.2) is 48.7 Å². The van der Waals surface area contributed by atoms with Crippen molar-refractivity contribution in [2.75, 3.05) is 32.1 Å². The van der Waals surface area contributed by atoms with E-state index in [4.69, 9.17) is 9.84 Å². The van der Waals surface area contributed by atoms with Crippen molar-refractivity contribution in [3.05, 3.63) is 77.3 Å². The molecule has 192 valence electrons. The maximum Gasteiger partial charge on any atom is 0.254 e. The van der Waals surface area contributed by atoms with Crippen LogP contribution in [0.5, 0.6) is 5.75 Å². The van der Waals surface area contributed by atoms with Gasteiger partial charge in [0, 0.05) is 42.7 Å². The largest absolute Gasteiger partial charge is 0.494 e. The highest BCUT2D eigenvalue weighted by molar-refractivity contribution is 5.97. The number of carbonyl (C=O) groups excluding carboxylic acids is 1. The van der Waals surface area contributed by atoms with Gasteiger partial charge in [0.05, 0.1) is 24.7 Å². The van der Waals surface area contributed by atoms with Crippen LogP contribution in [0.3, 0.4) is 0 Å². The first-order chi connectivity index (χ1) is 18.0. The van der Waals surface area contributed by atoms with E-state index in [-0.39, 0.29) is 23.8 Å². The highest BCUT2D eigenvalue weighted by Crippen LogP contribution is 2.33. The Labute approximate surface area is 213 Å². The van der Waals surface area contributed by atoms with Crippen molar-refractivity contribution >= 4 is 23.5 Å². The second-order valence-electron chi connectivity index (χ2n) is 8.98. The van der Waals surface area contributed by atoms with Crippen molar-refractivity contribution in [2.24, 2.45) is 0 Å². The summed E-state index contributed by atoms with van der Waals surface area (Å²) in [5, 5.41) is 12.5. The number of benzene rings is 2. The van der Waals surface area contributed by atoms with Gasteiger partial charge in [-0.05, 0) is 61.6 Å². The Morgan fingerprint density at radius 3 is 2.78 bits per heavy atom. The van der Waals surface area contributed by atoms with E-state index in [1.165, 1.54) is 25.4 Å². The Morgan fingerprint density at radius 2 is 1.97 bits per heavy atom. The number of anilines is 1. The summed E-state index contributed by atoms with van der Waals surface area (Å²) < 4.78 is 36.0. The molecule has 0 saturated heterocycles. The third kappa shape index (κ3) is 4.74. The molecule has 0 fully saturated rings. The minimum atomic E-state index is -1.04. The van der Waals surface area contributed by atoms with Crippen LogP contribution in [0.1, 0.15) is 41.0 Å². The number of methoxy groups -OCH3 is 1. The van der Waals surface area contributed by atoms with E-state index in [0.29, 0.717) is 36.6 Å². The van der Waals surface area contributed by atoms with Crippen molar-refractivity contribution in [2.45, 2.75) is 25.7 Å². The minimum Gasteiger partial charge on any atom is -0.494 e. The van der Waals surface area contributed by atoms with Gasteiger partial charge in [-0.2, -0.15) is 4.39 Å². The molecule has 9 heteroatoms. The number of fused-ring (bicyclic) bond motifs is 2. The van der Waals surface area contributed by atoms with Gasteiger partial charge in [0.1, 0.15) is 0 Å². The first kappa shape index (κ1) is 24.7. The SMILES string of the molecule is COc1ccc(-c2cnc3n2/C=C\CCC=C3Nc2ccc3c(c2)CCN(CCCO)C3=O)c(F)c1F. The van der Waals surface area contributed by atoms with Gasteiger partial charge in [0.25, 0.3) is 5.91 Å². The number of nitrogens with zero attached hydrogens (tertiary/aromatic N) is 3. The van der Waals surface area contributed by atoms with E-state index < -0.39 is 11.6 Å². The normalized spacial score (nSPS) is 15.8. The van der Waals surface area contributed by atoms with Gasteiger partial charge >= 0.3 is 0 Å². The quantitative estimate of drug-likeness (QED) is 0.475. The molecule has 1 aromatic heterocycles. The van der Waals surface area contributed by atoms with Crippen LogP contribution in [0.4, 0.5) is 14.5 Å². The number of halogens is 2. The Hall–Kier alpha value is -3.98. The van der Waals surface area contributed by atoms with Crippen molar-refractivity contribution < 1.29 is 23.4 Å². The second kappa shape index (κ2) is 10.6. The van der Waals surface area contributed by atoms with Gasteiger partial charge in [-0.25, -0.2) is 9.37 Å². The number of amides is 1. The summed E-state index contributed by atoms with van der Waals surface area (Å²) in [5.74, 6) is -1.66. The van der Waals surface area contributed by atoms with Crippen LogP contribution < -0.4 is 10.1 Å². The van der Waals surface area contributed by atoms with Crippen LogP contribution in [-0.2, 0) is 6.42 Å². The van der Waals surface area contributed by atoms with Crippen molar-refractivity contribution in [3.63, 3.8) is 0 Å². The number of aromatic nitrogens is 2. The fraction of sp³-hybridized carbons (Fsp3) is 0.286. The number of nitrogens with one attached hydrogen (secondary N) is 1. The Morgan fingerprint density at radius 1 is 1.14 bits per heavy atom. The summed E-state index contributed by atoms with van der Waals surface area (Å²) in [4.78, 5) is 19.1. The zero-order valence-electron chi connectivity index (χ0n) is 20.5. The van der Waals surface area contributed by atoms with E-state index in [1.807, 2.05) is 36.6 Å². The molecule has 2 N–H and O–H groups in total. The molecule has 0 radical (unpaired) electrons. The summed E-state index contributed by atoms with van der Waals surface area (Å²) in [6.45, 7) is 1.21. The lowest BCUT2D eigenvalue weighted by atomic mass is 9.98. The molecule has 0 aliphatic carbocycles. The molecular formula is C28H28F2N4O3. The molecule has 2 aromatic carbocycles. The monoisotopic (exact) mass is 506 g/mol. The summed E-state index contributed by atoms with van der Waals surface area (Å²) in [6.07, 6.45) is 10.2. The average Bonchev–Trinajstić information content (AvgIpc) is 3.30. The summed E-state index contributed by atoms with van der Waals surface area (Å²) >= 11 is 0. The lowest BCUT2D eigenvalue weighted by Crippen LogP contribution is -2.38. The third-order valence-corrected chi connectivity index (χ3v) is 6.66. The van der Waals surface area contributed by atoms with Gasteiger partial charge in [0.15, 0.2) is 17.4 Å². The number of allylic oxidation sites excluding steroid dienone is 2. The Kier molecular flexibility index (Phi) is 7.05. The molecule has 0 spiro atoms. The van der Waals surface area contributed by atoms with E-state index in [1.54, 1.807) is 9.47 Å². The number of hydrogen-bond acceptors (Lipinski definition) is 5. The molecule has 0 unspecified atom stereocenters. The van der Waals surface area contributed by atoms with E-state index in [0.717, 1.165) is 36.2 Å². The zero-order valence-corrected chi connectivity index (χ0v) is 20.5. The Bertz CT molecular complexity index is 1400. The van der Waals surface area contributed by atoms with Gasteiger partial charge < -0.3 is 20.1 Å². The lowest BCUT2D eigenvalue weighted by Gasteiger charge is -2.29. The van der Waals surface area contributed by atoms with Crippen LogP contribution in [-0.4, -0.2) is 52.3 Å². The highest BCUT2D eigenvalue weighted by atomic mass is 19.2. The maximum absolute atomic E-state index is 14.9. The molecule has 1 amide bonds. The maximum atomic E-state index is 14.9. The van der Waals surface area contributed by atoms with Gasteiger partial charge in [0.2, 0.25) is 5.82 Å². The fourth-order valence-corrected chi connectivity index (χ4v) is 4.74. The van der Waals surface area contributed by atoms with Crippen LogP contribution in [0, 0.1) is 11.6 Å². The molecule has 5 rings (SSSR count). The number of aliphatic hydroxyl groups excluding tert-OH is 1. The third-order valence-electron chi connectivity index (χ3n) is 6.66. The number of imidazole rings is 1. The number of hydrogen-bond donors (Lipinski definition) is 2. The predicted octanol–water partition coefficient (Wildman–Crippen LogP) is 4.94. The summed E-state index contributed by atoms with van der Waals surface area (Å²) in [7, 11) is 1.29. The first-order valence-electron chi connectivity index (χ1n) is 12.3. The molecule has 0 saturated carbocycles. The first-order valence-corrected chi connectivity index (χ1v) is 12.3. The number of carbonyl (C=O) groups is 1. The molecule has 7 nitrogen and oxygen atoms in total. The number of aliphatic hydroxyl groups is 1. The molecule has 2 aliphatic rings.